The number of aromatic nitrogens is 1. The van der Waals surface area contributed by atoms with Crippen LogP contribution in [0.4, 0.5) is 0 Å². The molecule has 1 aromatic heterocycles. The number of rotatable bonds is 1. The smallest absolute Gasteiger partial charge is 0.341 e. The molecule has 0 radical (unpaired) electrons. The Hall–Kier alpha value is -1.10. The molecule has 0 bridgehead atoms. The summed E-state index contributed by atoms with van der Waals surface area (Å²) in [4.78, 5) is 22.4. The van der Waals surface area contributed by atoms with Crippen molar-refractivity contribution in [3.05, 3.63) is 32.2 Å². The van der Waals surface area contributed by atoms with Crippen LogP contribution in [0.25, 0.3) is 0 Å². The molecular formula is C9H8BrNO3. The van der Waals surface area contributed by atoms with E-state index in [0.29, 0.717) is 11.0 Å². The van der Waals surface area contributed by atoms with Gasteiger partial charge >= 0.3 is 5.97 Å². The lowest BCUT2D eigenvalue weighted by Gasteiger charge is -2.06. The lowest BCUT2D eigenvalue weighted by molar-refractivity contribution is 0.0694. The predicted molar refractivity (Wildman–Crippen MR) is 53.7 cm³/mol. The zero-order valence-corrected chi connectivity index (χ0v) is 8.87. The molecule has 5 heteroatoms. The Bertz CT molecular complexity index is 464. The van der Waals surface area contributed by atoms with E-state index in [1.807, 2.05) is 0 Å². The third-order valence-electron chi connectivity index (χ3n) is 2.37. The molecule has 1 aliphatic heterocycles. The number of aromatic carboxylic acids is 1. The summed E-state index contributed by atoms with van der Waals surface area (Å²) in [7, 11) is 0. The topological polar surface area (TPSA) is 59.3 Å². The van der Waals surface area contributed by atoms with Crippen molar-refractivity contribution in [1.82, 2.24) is 4.57 Å². The van der Waals surface area contributed by atoms with E-state index in [-0.39, 0.29) is 5.56 Å². The number of halogens is 1. The van der Waals surface area contributed by atoms with Crippen molar-refractivity contribution in [1.29, 1.82) is 0 Å². The van der Waals surface area contributed by atoms with E-state index in [1.54, 1.807) is 0 Å². The Morgan fingerprint density at radius 2 is 2.29 bits per heavy atom. The van der Waals surface area contributed by atoms with Gasteiger partial charge in [0.05, 0.1) is 0 Å². The highest BCUT2D eigenvalue weighted by molar-refractivity contribution is 9.10. The average Bonchev–Trinajstić information content (AvgIpc) is 2.59. The van der Waals surface area contributed by atoms with Gasteiger partial charge in [0.1, 0.15) is 5.56 Å². The molecule has 2 heterocycles. The van der Waals surface area contributed by atoms with Gasteiger partial charge in [-0.2, -0.15) is 0 Å². The zero-order chi connectivity index (χ0) is 10.3. The van der Waals surface area contributed by atoms with Crippen LogP contribution >= 0.6 is 15.9 Å². The molecule has 0 fully saturated rings. The number of hydrogen-bond acceptors (Lipinski definition) is 2. The number of carboxylic acid groups (broad SMARTS) is 1. The molecule has 0 unspecified atom stereocenters. The van der Waals surface area contributed by atoms with E-state index in [9.17, 15) is 9.59 Å². The van der Waals surface area contributed by atoms with E-state index in [0.717, 1.165) is 18.5 Å². The van der Waals surface area contributed by atoms with E-state index in [4.69, 9.17) is 5.11 Å². The largest absolute Gasteiger partial charge is 0.477 e. The molecular weight excluding hydrogens is 250 g/mol. The monoisotopic (exact) mass is 257 g/mol. The summed E-state index contributed by atoms with van der Waals surface area (Å²) in [6, 6.07) is 1.39. The van der Waals surface area contributed by atoms with Crippen LogP contribution in [0, 0.1) is 0 Å². The van der Waals surface area contributed by atoms with Crippen LogP contribution in [0.15, 0.2) is 15.3 Å². The van der Waals surface area contributed by atoms with Gasteiger partial charge in [0.15, 0.2) is 0 Å². The number of hydrogen-bond donors (Lipinski definition) is 1. The summed E-state index contributed by atoms with van der Waals surface area (Å²) in [6.45, 7) is 0.619. The maximum absolute atomic E-state index is 11.6. The molecule has 4 nitrogen and oxygen atoms in total. The van der Waals surface area contributed by atoms with Crippen LogP contribution in [0.3, 0.4) is 0 Å². The molecule has 1 aliphatic rings. The van der Waals surface area contributed by atoms with Gasteiger partial charge in [-0.15, -0.1) is 0 Å². The number of carboxylic acids is 1. The second-order valence-corrected chi connectivity index (χ2v) is 4.07. The quantitative estimate of drug-likeness (QED) is 0.824. The molecule has 0 atom stereocenters. The summed E-state index contributed by atoms with van der Waals surface area (Å²) in [6.07, 6.45) is 1.73. The molecule has 0 saturated heterocycles. The number of pyridine rings is 1. The fourth-order valence-electron chi connectivity index (χ4n) is 1.72. The molecule has 0 amide bonds. The molecule has 1 aromatic rings. The Balaban J connectivity index is 2.74. The van der Waals surface area contributed by atoms with E-state index >= 15 is 0 Å². The fraction of sp³-hybridized carbons (Fsp3) is 0.333. The summed E-state index contributed by atoms with van der Waals surface area (Å²) < 4.78 is 2.25. The summed E-state index contributed by atoms with van der Waals surface area (Å²) in [5.74, 6) is -1.17. The first-order valence-corrected chi connectivity index (χ1v) is 5.06. The third kappa shape index (κ3) is 1.28. The lowest BCUT2D eigenvalue weighted by atomic mass is 10.2. The average molecular weight is 258 g/mol. The molecule has 2 rings (SSSR count). The Morgan fingerprint density at radius 1 is 1.57 bits per heavy atom. The van der Waals surface area contributed by atoms with Crippen LogP contribution in [-0.2, 0) is 13.0 Å². The number of carbonyl (C=O) groups is 1. The molecule has 0 saturated carbocycles. The normalized spacial score (nSPS) is 14.1. The van der Waals surface area contributed by atoms with Crippen molar-refractivity contribution in [2.24, 2.45) is 0 Å². The van der Waals surface area contributed by atoms with Crippen molar-refractivity contribution in [2.75, 3.05) is 0 Å². The van der Waals surface area contributed by atoms with E-state index in [2.05, 4.69) is 15.9 Å². The first-order chi connectivity index (χ1) is 6.61. The van der Waals surface area contributed by atoms with Crippen molar-refractivity contribution in [2.45, 2.75) is 19.4 Å². The van der Waals surface area contributed by atoms with Gasteiger partial charge in [-0.3, -0.25) is 4.79 Å². The maximum atomic E-state index is 11.6. The Morgan fingerprint density at radius 3 is 2.93 bits per heavy atom. The standard InChI is InChI=1S/C9H8BrNO3/c10-6-4-5(9(13)14)8(12)11-3-1-2-7(6)11/h4H,1-3H2,(H,13,14). The highest BCUT2D eigenvalue weighted by atomic mass is 79.9. The Kier molecular flexibility index (Phi) is 2.19. The fourth-order valence-corrected chi connectivity index (χ4v) is 2.36. The van der Waals surface area contributed by atoms with Gasteiger partial charge < -0.3 is 9.67 Å². The molecule has 0 spiro atoms. The highest BCUT2D eigenvalue weighted by Gasteiger charge is 2.20. The zero-order valence-electron chi connectivity index (χ0n) is 7.29. The van der Waals surface area contributed by atoms with Gasteiger partial charge in [-0.25, -0.2) is 4.79 Å². The second-order valence-electron chi connectivity index (χ2n) is 3.22. The van der Waals surface area contributed by atoms with Gasteiger partial charge in [-0.1, -0.05) is 0 Å². The van der Waals surface area contributed by atoms with Crippen LogP contribution in [0.2, 0.25) is 0 Å². The number of nitrogens with zero attached hydrogens (tertiary/aromatic N) is 1. The first-order valence-electron chi connectivity index (χ1n) is 4.27. The maximum Gasteiger partial charge on any atom is 0.341 e. The molecule has 74 valence electrons. The summed E-state index contributed by atoms with van der Waals surface area (Å²) >= 11 is 3.28. The molecule has 1 N–H and O–H groups in total. The summed E-state index contributed by atoms with van der Waals surface area (Å²) in [5.41, 5.74) is 0.343. The summed E-state index contributed by atoms with van der Waals surface area (Å²) in [5, 5.41) is 8.79. The molecule has 14 heavy (non-hydrogen) atoms. The van der Waals surface area contributed by atoms with Crippen molar-refractivity contribution in [3.8, 4) is 0 Å². The first kappa shape index (κ1) is 9.45. The minimum Gasteiger partial charge on any atom is -0.477 e. The van der Waals surface area contributed by atoms with Gasteiger partial charge in [-0.05, 0) is 34.8 Å². The molecule has 0 aliphatic carbocycles. The van der Waals surface area contributed by atoms with Crippen LogP contribution in [0.1, 0.15) is 22.5 Å². The minimum absolute atomic E-state index is 0.164. The van der Waals surface area contributed by atoms with Gasteiger partial charge in [0.25, 0.3) is 5.56 Å². The van der Waals surface area contributed by atoms with Gasteiger partial charge in [0.2, 0.25) is 0 Å². The minimum atomic E-state index is -1.17. The van der Waals surface area contributed by atoms with E-state index in [1.165, 1.54) is 10.6 Å². The lowest BCUT2D eigenvalue weighted by Crippen LogP contribution is -2.26. The highest BCUT2D eigenvalue weighted by Crippen LogP contribution is 2.22. The SMILES string of the molecule is O=C(O)c1cc(Br)c2n(c1=O)CCC2. The van der Waals surface area contributed by atoms with E-state index < -0.39 is 11.5 Å². The van der Waals surface area contributed by atoms with Crippen LogP contribution in [-0.4, -0.2) is 15.6 Å². The number of fused-ring (bicyclic) bond motifs is 1. The van der Waals surface area contributed by atoms with Crippen molar-refractivity contribution in [3.63, 3.8) is 0 Å². The molecule has 0 aromatic carbocycles. The van der Waals surface area contributed by atoms with Crippen LogP contribution in [0.5, 0.6) is 0 Å². The van der Waals surface area contributed by atoms with Crippen molar-refractivity contribution >= 4 is 21.9 Å². The van der Waals surface area contributed by atoms with Crippen molar-refractivity contribution < 1.29 is 9.90 Å². The van der Waals surface area contributed by atoms with Gasteiger partial charge in [0, 0.05) is 16.7 Å². The third-order valence-corrected chi connectivity index (χ3v) is 3.06. The van der Waals surface area contributed by atoms with Crippen LogP contribution < -0.4 is 5.56 Å². The second kappa shape index (κ2) is 3.24. The Labute approximate surface area is 88.3 Å². The predicted octanol–water partition coefficient (Wildman–Crippen LogP) is 1.26.